The van der Waals surface area contributed by atoms with Crippen molar-refractivity contribution in [3.8, 4) is 5.75 Å². The fourth-order valence-electron chi connectivity index (χ4n) is 1.86. The van der Waals surface area contributed by atoms with E-state index in [-0.39, 0.29) is 18.0 Å². The summed E-state index contributed by atoms with van der Waals surface area (Å²) in [6.07, 6.45) is 0.830. The normalized spacial score (nSPS) is 10.2. The van der Waals surface area contributed by atoms with Crippen molar-refractivity contribution in [3.05, 3.63) is 58.9 Å². The summed E-state index contributed by atoms with van der Waals surface area (Å²) < 4.78 is 18.6. The quantitative estimate of drug-likeness (QED) is 0.904. The molecule has 21 heavy (non-hydrogen) atoms. The highest BCUT2D eigenvalue weighted by molar-refractivity contribution is 6.30. The number of hydrogen-bond acceptors (Lipinski definition) is 2. The first-order valence-electron chi connectivity index (χ1n) is 6.46. The minimum Gasteiger partial charge on any atom is -0.497 e. The predicted molar refractivity (Wildman–Crippen MR) is 81.4 cm³/mol. The lowest BCUT2D eigenvalue weighted by Gasteiger charge is -2.07. The van der Waals surface area contributed by atoms with Crippen molar-refractivity contribution in [2.24, 2.45) is 0 Å². The minimum atomic E-state index is -0.503. The Morgan fingerprint density at radius 2 is 1.95 bits per heavy atom. The van der Waals surface area contributed by atoms with Crippen LogP contribution in [-0.4, -0.2) is 13.0 Å². The number of halogens is 2. The fraction of sp³-hybridized carbons (Fsp3) is 0.188. The van der Waals surface area contributed by atoms with E-state index in [0.29, 0.717) is 11.4 Å². The van der Waals surface area contributed by atoms with Crippen LogP contribution in [0.2, 0.25) is 5.02 Å². The SMILES string of the molecule is COc1ccc(CCC(=O)Nc2cc(Cl)ccc2F)cc1. The van der Waals surface area contributed by atoms with Gasteiger partial charge >= 0.3 is 0 Å². The van der Waals surface area contributed by atoms with Crippen molar-refractivity contribution in [1.29, 1.82) is 0 Å². The van der Waals surface area contributed by atoms with Gasteiger partial charge in [-0.3, -0.25) is 4.79 Å². The first-order valence-corrected chi connectivity index (χ1v) is 6.84. The summed E-state index contributed by atoms with van der Waals surface area (Å²) in [4.78, 5) is 11.8. The Balaban J connectivity index is 1.91. The molecule has 110 valence electrons. The Labute approximate surface area is 127 Å². The number of carbonyl (C=O) groups excluding carboxylic acids is 1. The summed E-state index contributed by atoms with van der Waals surface area (Å²) in [6, 6.07) is 11.5. The smallest absolute Gasteiger partial charge is 0.224 e. The van der Waals surface area contributed by atoms with Gasteiger partial charge in [0.15, 0.2) is 0 Å². The van der Waals surface area contributed by atoms with E-state index in [9.17, 15) is 9.18 Å². The molecule has 0 heterocycles. The Hall–Kier alpha value is -2.07. The van der Waals surface area contributed by atoms with Crippen LogP contribution >= 0.6 is 11.6 Å². The first kappa shape index (κ1) is 15.3. The van der Waals surface area contributed by atoms with Crippen LogP contribution < -0.4 is 10.1 Å². The van der Waals surface area contributed by atoms with Crippen LogP contribution in [0.15, 0.2) is 42.5 Å². The van der Waals surface area contributed by atoms with Gasteiger partial charge in [0, 0.05) is 11.4 Å². The zero-order valence-electron chi connectivity index (χ0n) is 11.5. The monoisotopic (exact) mass is 307 g/mol. The fourth-order valence-corrected chi connectivity index (χ4v) is 2.03. The van der Waals surface area contributed by atoms with Crippen molar-refractivity contribution >= 4 is 23.2 Å². The number of hydrogen-bond donors (Lipinski definition) is 1. The number of amides is 1. The molecule has 1 N–H and O–H groups in total. The van der Waals surface area contributed by atoms with Crippen LogP contribution in [0.1, 0.15) is 12.0 Å². The van der Waals surface area contributed by atoms with Gasteiger partial charge in [-0.15, -0.1) is 0 Å². The molecule has 0 spiro atoms. The van der Waals surface area contributed by atoms with Crippen LogP contribution in [0.4, 0.5) is 10.1 Å². The topological polar surface area (TPSA) is 38.3 Å². The van der Waals surface area contributed by atoms with E-state index in [1.54, 1.807) is 7.11 Å². The molecule has 0 saturated carbocycles. The van der Waals surface area contributed by atoms with E-state index < -0.39 is 5.82 Å². The molecular formula is C16H15ClFNO2. The van der Waals surface area contributed by atoms with Crippen LogP contribution in [-0.2, 0) is 11.2 Å². The first-order chi connectivity index (χ1) is 10.1. The summed E-state index contributed by atoms with van der Waals surface area (Å²) in [5, 5.41) is 2.90. The number of benzene rings is 2. The molecule has 5 heteroatoms. The number of anilines is 1. The Morgan fingerprint density at radius 1 is 1.24 bits per heavy atom. The molecule has 0 aliphatic heterocycles. The zero-order valence-corrected chi connectivity index (χ0v) is 12.3. The van der Waals surface area contributed by atoms with Crippen molar-refractivity contribution < 1.29 is 13.9 Å². The second-order valence-corrected chi connectivity index (χ2v) is 4.96. The van der Waals surface area contributed by atoms with E-state index in [0.717, 1.165) is 11.3 Å². The minimum absolute atomic E-state index is 0.0993. The molecular weight excluding hydrogens is 293 g/mol. The molecule has 3 nitrogen and oxygen atoms in total. The average Bonchev–Trinajstić information content (AvgIpc) is 2.49. The maximum Gasteiger partial charge on any atom is 0.224 e. The summed E-state index contributed by atoms with van der Waals surface area (Å²) in [6.45, 7) is 0. The number of rotatable bonds is 5. The molecule has 0 saturated heterocycles. The standard InChI is InChI=1S/C16H15ClFNO2/c1-21-13-6-2-11(3-7-13)4-9-16(20)19-15-10-12(17)5-8-14(15)18/h2-3,5-8,10H,4,9H2,1H3,(H,19,20). The van der Waals surface area contributed by atoms with Crippen LogP contribution in [0, 0.1) is 5.82 Å². The van der Waals surface area contributed by atoms with Gasteiger partial charge in [0.25, 0.3) is 0 Å². The second-order valence-electron chi connectivity index (χ2n) is 4.52. The molecule has 0 aliphatic rings. The third-order valence-corrected chi connectivity index (χ3v) is 3.24. The molecule has 0 aliphatic carbocycles. The van der Waals surface area contributed by atoms with Gasteiger partial charge < -0.3 is 10.1 Å². The highest BCUT2D eigenvalue weighted by atomic mass is 35.5. The van der Waals surface area contributed by atoms with Crippen LogP contribution in [0.5, 0.6) is 5.75 Å². The maximum atomic E-state index is 13.5. The van der Waals surface area contributed by atoms with E-state index in [1.165, 1.54) is 18.2 Å². The molecule has 0 unspecified atom stereocenters. The molecule has 0 fully saturated rings. The van der Waals surface area contributed by atoms with Gasteiger partial charge in [0.2, 0.25) is 5.91 Å². The van der Waals surface area contributed by atoms with E-state index in [1.807, 2.05) is 24.3 Å². The molecule has 2 aromatic carbocycles. The molecule has 0 radical (unpaired) electrons. The lowest BCUT2D eigenvalue weighted by atomic mass is 10.1. The van der Waals surface area contributed by atoms with Crippen LogP contribution in [0.3, 0.4) is 0 Å². The lowest BCUT2D eigenvalue weighted by Crippen LogP contribution is -2.13. The predicted octanol–water partition coefficient (Wildman–Crippen LogP) is 4.06. The maximum absolute atomic E-state index is 13.5. The number of nitrogens with one attached hydrogen (secondary N) is 1. The highest BCUT2D eigenvalue weighted by Gasteiger charge is 2.08. The van der Waals surface area contributed by atoms with Crippen LogP contribution in [0.25, 0.3) is 0 Å². The Bertz CT molecular complexity index is 629. The van der Waals surface area contributed by atoms with E-state index >= 15 is 0 Å². The van der Waals surface area contributed by atoms with Crippen molar-refractivity contribution in [1.82, 2.24) is 0 Å². The molecule has 2 rings (SSSR count). The zero-order chi connectivity index (χ0) is 15.2. The lowest BCUT2D eigenvalue weighted by molar-refractivity contribution is -0.116. The molecule has 0 aromatic heterocycles. The van der Waals surface area contributed by atoms with Gasteiger partial charge in [-0.1, -0.05) is 23.7 Å². The average molecular weight is 308 g/mol. The molecule has 2 aromatic rings. The van der Waals surface area contributed by atoms with Crippen molar-refractivity contribution in [2.75, 3.05) is 12.4 Å². The number of carbonyl (C=O) groups is 1. The number of ether oxygens (including phenoxy) is 1. The van der Waals surface area contributed by atoms with E-state index in [4.69, 9.17) is 16.3 Å². The molecule has 0 atom stereocenters. The second kappa shape index (κ2) is 7.09. The van der Waals surface area contributed by atoms with Gasteiger partial charge in [0.05, 0.1) is 12.8 Å². The largest absolute Gasteiger partial charge is 0.497 e. The summed E-state index contributed by atoms with van der Waals surface area (Å²) in [5.41, 5.74) is 1.11. The third kappa shape index (κ3) is 4.46. The Morgan fingerprint density at radius 3 is 2.62 bits per heavy atom. The Kier molecular flexibility index (Phi) is 5.17. The van der Waals surface area contributed by atoms with Gasteiger partial charge in [-0.05, 0) is 42.3 Å². The van der Waals surface area contributed by atoms with E-state index in [2.05, 4.69) is 5.32 Å². The summed E-state index contributed by atoms with van der Waals surface area (Å²) in [7, 11) is 1.60. The van der Waals surface area contributed by atoms with Crippen molar-refractivity contribution in [3.63, 3.8) is 0 Å². The van der Waals surface area contributed by atoms with Gasteiger partial charge in [0.1, 0.15) is 11.6 Å². The third-order valence-electron chi connectivity index (χ3n) is 3.00. The summed E-state index contributed by atoms with van der Waals surface area (Å²) in [5.74, 6) is 0.00776. The highest BCUT2D eigenvalue weighted by Crippen LogP contribution is 2.20. The van der Waals surface area contributed by atoms with Gasteiger partial charge in [-0.25, -0.2) is 4.39 Å². The molecule has 1 amide bonds. The summed E-state index contributed by atoms with van der Waals surface area (Å²) >= 11 is 5.77. The number of aryl methyl sites for hydroxylation is 1. The van der Waals surface area contributed by atoms with Gasteiger partial charge in [-0.2, -0.15) is 0 Å². The van der Waals surface area contributed by atoms with Crippen molar-refractivity contribution in [2.45, 2.75) is 12.8 Å². The number of methoxy groups -OCH3 is 1. The molecule has 0 bridgehead atoms.